The Balaban J connectivity index is 1.97. The summed E-state index contributed by atoms with van der Waals surface area (Å²) in [5, 5.41) is 0. The minimum absolute atomic E-state index is 0.228. The molecule has 1 saturated carbocycles. The van der Waals surface area contributed by atoms with E-state index in [1.54, 1.807) is 7.11 Å². The molecule has 0 aromatic rings. The van der Waals surface area contributed by atoms with Crippen LogP contribution in [0.5, 0.6) is 0 Å². The highest BCUT2D eigenvalue weighted by molar-refractivity contribution is 5.74. The van der Waals surface area contributed by atoms with Gasteiger partial charge in [0.1, 0.15) is 0 Å². The topological polar surface area (TPSA) is 44.8 Å². The van der Waals surface area contributed by atoms with Gasteiger partial charge in [-0.15, -0.1) is 0 Å². The maximum absolute atomic E-state index is 12.0. The number of hydrogen-bond donors (Lipinski definition) is 0. The van der Waals surface area contributed by atoms with E-state index in [1.165, 1.54) is 77.0 Å². The highest BCUT2D eigenvalue weighted by atomic mass is 16.6. The first-order valence-electron chi connectivity index (χ1n) is 12.0. The maximum Gasteiger partial charge on any atom is 0.335 e. The van der Waals surface area contributed by atoms with Gasteiger partial charge in [-0.3, -0.25) is 0 Å². The predicted octanol–water partition coefficient (Wildman–Crippen LogP) is 6.31. The van der Waals surface area contributed by atoms with Crippen molar-refractivity contribution < 1.29 is 19.0 Å². The molecule has 0 N–H and O–H groups in total. The number of ether oxygens (including phenoxy) is 3. The summed E-state index contributed by atoms with van der Waals surface area (Å²) in [5.41, 5.74) is 0. The molecule has 1 aliphatic rings. The van der Waals surface area contributed by atoms with Crippen LogP contribution in [0.15, 0.2) is 0 Å². The van der Waals surface area contributed by atoms with Crippen LogP contribution in [-0.4, -0.2) is 39.0 Å². The molecule has 0 aromatic carbocycles. The summed E-state index contributed by atoms with van der Waals surface area (Å²) >= 11 is 0. The van der Waals surface area contributed by atoms with E-state index in [2.05, 4.69) is 6.92 Å². The lowest BCUT2D eigenvalue weighted by molar-refractivity contribution is -0.158. The minimum Gasteiger partial charge on any atom is -0.464 e. The van der Waals surface area contributed by atoms with E-state index in [0.29, 0.717) is 19.8 Å². The Morgan fingerprint density at radius 3 is 2.07 bits per heavy atom. The molecular weight excluding hydrogens is 352 g/mol. The van der Waals surface area contributed by atoms with Crippen LogP contribution < -0.4 is 0 Å². The number of carbonyl (C=O) groups is 1. The molecule has 0 bridgehead atoms. The summed E-state index contributed by atoms with van der Waals surface area (Å²) in [6.07, 6.45) is 18.0. The second-order valence-corrected chi connectivity index (χ2v) is 8.41. The van der Waals surface area contributed by atoms with Crippen LogP contribution in [0.4, 0.5) is 0 Å². The van der Waals surface area contributed by atoms with Crippen molar-refractivity contribution in [3.05, 3.63) is 0 Å². The van der Waals surface area contributed by atoms with E-state index < -0.39 is 6.10 Å². The summed E-state index contributed by atoms with van der Waals surface area (Å²) in [5.74, 6) is 1.82. The number of methoxy groups -OCH3 is 1. The Morgan fingerprint density at radius 1 is 0.857 bits per heavy atom. The molecule has 28 heavy (non-hydrogen) atoms. The van der Waals surface area contributed by atoms with E-state index >= 15 is 0 Å². The van der Waals surface area contributed by atoms with E-state index in [1.807, 2.05) is 6.92 Å². The molecule has 1 aliphatic carbocycles. The van der Waals surface area contributed by atoms with Gasteiger partial charge in [0.05, 0.1) is 19.8 Å². The van der Waals surface area contributed by atoms with Crippen molar-refractivity contribution in [2.24, 2.45) is 11.8 Å². The van der Waals surface area contributed by atoms with Gasteiger partial charge in [0.2, 0.25) is 0 Å². The van der Waals surface area contributed by atoms with Crippen LogP contribution in [0, 0.1) is 11.8 Å². The fraction of sp³-hybridized carbons (Fsp3) is 0.958. The molecule has 0 aliphatic heterocycles. The second-order valence-electron chi connectivity index (χ2n) is 8.41. The van der Waals surface area contributed by atoms with Gasteiger partial charge in [0.25, 0.3) is 0 Å². The third-order valence-corrected chi connectivity index (χ3v) is 5.94. The molecule has 1 rings (SSSR count). The zero-order valence-electron chi connectivity index (χ0n) is 18.9. The number of esters is 1. The molecule has 0 saturated heterocycles. The Kier molecular flexibility index (Phi) is 15.7. The van der Waals surface area contributed by atoms with Gasteiger partial charge in [-0.05, 0) is 31.6 Å². The van der Waals surface area contributed by atoms with E-state index in [0.717, 1.165) is 24.7 Å². The lowest BCUT2D eigenvalue weighted by atomic mass is 10.0. The van der Waals surface area contributed by atoms with Gasteiger partial charge < -0.3 is 14.2 Å². The smallest absolute Gasteiger partial charge is 0.335 e. The summed E-state index contributed by atoms with van der Waals surface area (Å²) < 4.78 is 15.7. The highest BCUT2D eigenvalue weighted by Crippen LogP contribution is 2.45. The van der Waals surface area contributed by atoms with Crippen LogP contribution in [0.3, 0.4) is 0 Å². The second kappa shape index (κ2) is 17.3. The van der Waals surface area contributed by atoms with Gasteiger partial charge in [-0.25, -0.2) is 4.79 Å². The molecule has 3 unspecified atom stereocenters. The summed E-state index contributed by atoms with van der Waals surface area (Å²) in [4.78, 5) is 12.0. The van der Waals surface area contributed by atoms with Crippen molar-refractivity contribution in [3.8, 4) is 0 Å². The highest BCUT2D eigenvalue weighted by Gasteiger charge is 2.35. The normalized spacial score (nSPS) is 19.5. The first-order valence-corrected chi connectivity index (χ1v) is 12.0. The molecule has 1 fully saturated rings. The largest absolute Gasteiger partial charge is 0.464 e. The van der Waals surface area contributed by atoms with Gasteiger partial charge in [-0.2, -0.15) is 0 Å². The van der Waals surface area contributed by atoms with Crippen molar-refractivity contribution >= 4 is 5.97 Å². The maximum atomic E-state index is 12.0. The standard InChI is InChI=1S/C24H46O4/c1-4-6-7-8-9-12-15-21-20-22(21)16-13-10-11-14-17-23(24(25)27-5-2)28-19-18-26-3/h21-23H,4-20H2,1-3H3. The first-order chi connectivity index (χ1) is 13.7. The first kappa shape index (κ1) is 25.4. The van der Waals surface area contributed by atoms with Gasteiger partial charge >= 0.3 is 5.97 Å². The van der Waals surface area contributed by atoms with Crippen molar-refractivity contribution in [2.75, 3.05) is 26.9 Å². The molecule has 0 heterocycles. The average molecular weight is 399 g/mol. The fourth-order valence-corrected chi connectivity index (χ4v) is 4.07. The van der Waals surface area contributed by atoms with Crippen LogP contribution in [0.2, 0.25) is 0 Å². The summed E-state index contributed by atoms with van der Waals surface area (Å²) in [7, 11) is 1.64. The molecule has 3 atom stereocenters. The third kappa shape index (κ3) is 12.8. The molecule has 0 radical (unpaired) electrons. The molecule has 166 valence electrons. The molecule has 0 spiro atoms. The zero-order chi connectivity index (χ0) is 20.5. The number of carbonyl (C=O) groups excluding carboxylic acids is 1. The minimum atomic E-state index is -0.430. The van der Waals surface area contributed by atoms with Crippen LogP contribution in [-0.2, 0) is 19.0 Å². The average Bonchev–Trinajstić information content (AvgIpc) is 3.44. The summed E-state index contributed by atoms with van der Waals surface area (Å²) in [6.45, 7) is 5.48. The molecule has 0 aromatic heterocycles. The monoisotopic (exact) mass is 398 g/mol. The third-order valence-electron chi connectivity index (χ3n) is 5.94. The predicted molar refractivity (Wildman–Crippen MR) is 116 cm³/mol. The van der Waals surface area contributed by atoms with Crippen LogP contribution in [0.1, 0.15) is 104 Å². The zero-order valence-corrected chi connectivity index (χ0v) is 18.9. The van der Waals surface area contributed by atoms with Crippen molar-refractivity contribution in [2.45, 2.75) is 110 Å². The molecule has 4 nitrogen and oxygen atoms in total. The van der Waals surface area contributed by atoms with E-state index in [-0.39, 0.29) is 5.97 Å². The lowest BCUT2D eigenvalue weighted by Gasteiger charge is -2.16. The number of hydrogen-bond acceptors (Lipinski definition) is 4. The molecule has 4 heteroatoms. The number of unbranched alkanes of at least 4 members (excludes halogenated alkanes) is 8. The Labute approximate surface area is 174 Å². The van der Waals surface area contributed by atoms with E-state index in [4.69, 9.17) is 14.2 Å². The lowest BCUT2D eigenvalue weighted by Crippen LogP contribution is -2.28. The Morgan fingerprint density at radius 2 is 1.46 bits per heavy atom. The van der Waals surface area contributed by atoms with Crippen molar-refractivity contribution in [1.29, 1.82) is 0 Å². The summed E-state index contributed by atoms with van der Waals surface area (Å²) in [6, 6.07) is 0. The van der Waals surface area contributed by atoms with Crippen molar-refractivity contribution in [3.63, 3.8) is 0 Å². The van der Waals surface area contributed by atoms with Crippen LogP contribution in [0.25, 0.3) is 0 Å². The quantitative estimate of drug-likeness (QED) is 0.178. The fourth-order valence-electron chi connectivity index (χ4n) is 4.07. The van der Waals surface area contributed by atoms with Gasteiger partial charge in [0, 0.05) is 7.11 Å². The molecule has 0 amide bonds. The molecular formula is C24H46O4. The van der Waals surface area contributed by atoms with Gasteiger partial charge in [-0.1, -0.05) is 84.0 Å². The SMILES string of the molecule is CCCCCCCCC1CC1CCCCCCC(OCCOC)C(=O)OCC. The Hall–Kier alpha value is -0.610. The van der Waals surface area contributed by atoms with E-state index in [9.17, 15) is 4.79 Å². The van der Waals surface area contributed by atoms with Gasteiger partial charge in [0.15, 0.2) is 6.10 Å². The van der Waals surface area contributed by atoms with Crippen molar-refractivity contribution in [1.82, 2.24) is 0 Å². The number of rotatable bonds is 20. The van der Waals surface area contributed by atoms with Crippen LogP contribution >= 0.6 is 0 Å². The Bertz CT molecular complexity index is 372.